The molecule has 3 aromatic rings. The maximum absolute atomic E-state index is 13.1. The summed E-state index contributed by atoms with van der Waals surface area (Å²) in [6, 6.07) is 11.6. The van der Waals surface area contributed by atoms with Crippen molar-refractivity contribution in [3.63, 3.8) is 0 Å². The first-order valence-corrected chi connectivity index (χ1v) is 9.55. The van der Waals surface area contributed by atoms with Gasteiger partial charge in [0.25, 0.3) is 5.91 Å². The molecule has 0 saturated heterocycles. The summed E-state index contributed by atoms with van der Waals surface area (Å²) in [4.78, 5) is 21.3. The van der Waals surface area contributed by atoms with Gasteiger partial charge in [-0.25, -0.2) is 0 Å². The van der Waals surface area contributed by atoms with E-state index in [0.29, 0.717) is 30.9 Å². The monoisotopic (exact) mass is 379 g/mol. The van der Waals surface area contributed by atoms with Crippen LogP contribution < -0.4 is 0 Å². The number of aryl methyl sites for hydroxylation is 1. The molecular formula is C21H25N5O2. The molecule has 1 amide bonds. The standard InChI is InChI=1S/C21H25N5O2/c1-24(2)14-20(27)19-11-17-13-25(8-5-9-26(17)23-19)21(28)16-10-15-6-3-4-7-18(15)22-12-16/h3-4,6-7,10-12,20,27H,5,8-9,13-14H2,1-2H3/t20-/m1/s1. The number of aliphatic hydroxyl groups is 1. The number of pyridine rings is 1. The van der Waals surface area contributed by atoms with Crippen molar-refractivity contribution < 1.29 is 9.90 Å². The van der Waals surface area contributed by atoms with Gasteiger partial charge in [-0.3, -0.25) is 14.5 Å². The predicted octanol–water partition coefficient (Wildman–Crippen LogP) is 2.07. The largest absolute Gasteiger partial charge is 0.385 e. The van der Waals surface area contributed by atoms with Crippen molar-refractivity contribution in [3.8, 4) is 0 Å². The van der Waals surface area contributed by atoms with E-state index in [1.807, 2.05) is 65.0 Å². The quantitative estimate of drug-likeness (QED) is 0.751. The minimum atomic E-state index is -0.636. The molecule has 0 saturated carbocycles. The third kappa shape index (κ3) is 3.76. The van der Waals surface area contributed by atoms with Crippen molar-refractivity contribution >= 4 is 16.8 Å². The highest BCUT2D eigenvalue weighted by Gasteiger charge is 2.24. The van der Waals surface area contributed by atoms with Crippen LogP contribution in [0.25, 0.3) is 10.9 Å². The molecule has 2 aromatic heterocycles. The summed E-state index contributed by atoms with van der Waals surface area (Å²) in [6.07, 6.45) is 1.84. The van der Waals surface area contributed by atoms with Gasteiger partial charge in [0.05, 0.1) is 29.0 Å². The molecule has 0 unspecified atom stereocenters. The first-order chi connectivity index (χ1) is 13.5. The van der Waals surface area contributed by atoms with Crippen LogP contribution in [0, 0.1) is 0 Å². The van der Waals surface area contributed by atoms with Crippen LogP contribution >= 0.6 is 0 Å². The summed E-state index contributed by atoms with van der Waals surface area (Å²) in [5, 5.41) is 15.9. The number of aromatic nitrogens is 3. The van der Waals surface area contributed by atoms with Crippen LogP contribution in [0.3, 0.4) is 0 Å². The van der Waals surface area contributed by atoms with E-state index in [1.54, 1.807) is 6.20 Å². The SMILES string of the molecule is CN(C)C[C@@H](O)c1cc2n(n1)CCCN(C(=O)c1cnc3ccccc3c1)C2. The van der Waals surface area contributed by atoms with Gasteiger partial charge in [0.15, 0.2) is 0 Å². The van der Waals surface area contributed by atoms with E-state index >= 15 is 0 Å². The molecule has 146 valence electrons. The van der Waals surface area contributed by atoms with E-state index in [9.17, 15) is 9.90 Å². The molecule has 7 nitrogen and oxygen atoms in total. The Balaban J connectivity index is 1.56. The molecular weight excluding hydrogens is 354 g/mol. The fourth-order valence-electron chi connectivity index (χ4n) is 3.63. The van der Waals surface area contributed by atoms with Gasteiger partial charge in [0.2, 0.25) is 0 Å². The average Bonchev–Trinajstić information content (AvgIpc) is 2.98. The number of likely N-dealkylation sites (N-methyl/N-ethyl adjacent to an activating group) is 1. The molecule has 4 rings (SSSR count). The Kier molecular flexibility index (Phi) is 5.11. The Morgan fingerprint density at radius 3 is 2.89 bits per heavy atom. The minimum absolute atomic E-state index is 0.0247. The van der Waals surface area contributed by atoms with Crippen molar-refractivity contribution in [2.24, 2.45) is 0 Å². The molecule has 0 fully saturated rings. The van der Waals surface area contributed by atoms with Crippen molar-refractivity contribution in [2.75, 3.05) is 27.2 Å². The molecule has 1 aromatic carbocycles. The van der Waals surface area contributed by atoms with Crippen LogP contribution in [0.4, 0.5) is 0 Å². The fraction of sp³-hybridized carbons (Fsp3) is 0.381. The van der Waals surface area contributed by atoms with E-state index in [2.05, 4.69) is 10.1 Å². The van der Waals surface area contributed by atoms with Crippen molar-refractivity contribution in [1.29, 1.82) is 0 Å². The summed E-state index contributed by atoms with van der Waals surface area (Å²) in [7, 11) is 3.84. The molecule has 0 aliphatic carbocycles. The molecule has 1 atom stereocenters. The fourth-order valence-corrected chi connectivity index (χ4v) is 3.63. The van der Waals surface area contributed by atoms with Crippen molar-refractivity contribution in [2.45, 2.75) is 25.6 Å². The molecule has 0 bridgehead atoms. The second-order valence-corrected chi connectivity index (χ2v) is 7.56. The summed E-state index contributed by atoms with van der Waals surface area (Å²) in [5.41, 5.74) is 3.09. The van der Waals surface area contributed by atoms with Gasteiger partial charge in [-0.05, 0) is 38.7 Å². The van der Waals surface area contributed by atoms with Gasteiger partial charge in [-0.1, -0.05) is 18.2 Å². The van der Waals surface area contributed by atoms with Gasteiger partial charge < -0.3 is 14.9 Å². The second-order valence-electron chi connectivity index (χ2n) is 7.56. The summed E-state index contributed by atoms with van der Waals surface area (Å²) in [6.45, 7) is 2.41. The Bertz CT molecular complexity index is 997. The van der Waals surface area contributed by atoms with E-state index in [0.717, 1.165) is 29.6 Å². The Labute approximate surface area is 164 Å². The topological polar surface area (TPSA) is 74.5 Å². The van der Waals surface area contributed by atoms with Gasteiger partial charge in [-0.2, -0.15) is 5.10 Å². The van der Waals surface area contributed by atoms with Gasteiger partial charge in [-0.15, -0.1) is 0 Å². The zero-order chi connectivity index (χ0) is 19.7. The highest BCUT2D eigenvalue weighted by atomic mass is 16.3. The summed E-state index contributed by atoms with van der Waals surface area (Å²) < 4.78 is 1.92. The predicted molar refractivity (Wildman–Crippen MR) is 107 cm³/mol. The first kappa shape index (κ1) is 18.6. The van der Waals surface area contributed by atoms with Crippen molar-refractivity contribution in [3.05, 3.63) is 59.5 Å². The van der Waals surface area contributed by atoms with Crippen LogP contribution in [-0.4, -0.2) is 62.8 Å². The van der Waals surface area contributed by atoms with E-state index in [1.165, 1.54) is 0 Å². The van der Waals surface area contributed by atoms with Gasteiger partial charge in [0.1, 0.15) is 6.10 Å². The molecule has 1 N–H and O–H groups in total. The van der Waals surface area contributed by atoms with Crippen LogP contribution in [0.2, 0.25) is 0 Å². The number of benzene rings is 1. The Morgan fingerprint density at radius 1 is 1.25 bits per heavy atom. The highest BCUT2D eigenvalue weighted by molar-refractivity contribution is 5.97. The lowest BCUT2D eigenvalue weighted by Gasteiger charge is -2.20. The molecule has 7 heteroatoms. The summed E-state index contributed by atoms with van der Waals surface area (Å²) >= 11 is 0. The first-order valence-electron chi connectivity index (χ1n) is 9.55. The number of fused-ring (bicyclic) bond motifs is 2. The third-order valence-electron chi connectivity index (χ3n) is 5.04. The van der Waals surface area contributed by atoms with Gasteiger partial charge >= 0.3 is 0 Å². The average molecular weight is 379 g/mol. The van der Waals surface area contributed by atoms with Crippen molar-refractivity contribution in [1.82, 2.24) is 24.6 Å². The number of para-hydroxylation sites is 1. The molecule has 3 heterocycles. The number of amides is 1. The van der Waals surface area contributed by atoms with E-state index in [4.69, 9.17) is 0 Å². The lowest BCUT2D eigenvalue weighted by molar-refractivity contribution is 0.0745. The van der Waals surface area contributed by atoms with Crippen LogP contribution in [0.1, 0.15) is 34.3 Å². The zero-order valence-electron chi connectivity index (χ0n) is 16.2. The Morgan fingerprint density at radius 2 is 2.07 bits per heavy atom. The zero-order valence-corrected chi connectivity index (χ0v) is 16.2. The maximum atomic E-state index is 13.1. The highest BCUT2D eigenvalue weighted by Crippen LogP contribution is 2.21. The van der Waals surface area contributed by atoms with Crippen LogP contribution in [0.5, 0.6) is 0 Å². The lowest BCUT2D eigenvalue weighted by atomic mass is 10.1. The smallest absolute Gasteiger partial charge is 0.255 e. The molecule has 0 radical (unpaired) electrons. The number of hydrogen-bond donors (Lipinski definition) is 1. The van der Waals surface area contributed by atoms with Gasteiger partial charge in [0, 0.05) is 31.2 Å². The number of rotatable bonds is 4. The number of carbonyl (C=O) groups is 1. The number of hydrogen-bond acceptors (Lipinski definition) is 5. The number of nitrogens with zero attached hydrogens (tertiary/aromatic N) is 5. The molecule has 28 heavy (non-hydrogen) atoms. The number of carbonyl (C=O) groups excluding carboxylic acids is 1. The second kappa shape index (κ2) is 7.69. The van der Waals surface area contributed by atoms with Crippen LogP contribution in [-0.2, 0) is 13.1 Å². The Hall–Kier alpha value is -2.77. The number of aliphatic hydroxyl groups excluding tert-OH is 1. The van der Waals surface area contributed by atoms with Crippen LogP contribution in [0.15, 0.2) is 42.6 Å². The minimum Gasteiger partial charge on any atom is -0.385 e. The normalized spacial score (nSPS) is 15.5. The van der Waals surface area contributed by atoms with E-state index in [-0.39, 0.29) is 5.91 Å². The molecule has 0 spiro atoms. The third-order valence-corrected chi connectivity index (χ3v) is 5.04. The summed E-state index contributed by atoms with van der Waals surface area (Å²) in [5.74, 6) is -0.0247. The lowest BCUT2D eigenvalue weighted by Crippen LogP contribution is -2.30. The maximum Gasteiger partial charge on any atom is 0.255 e. The molecule has 1 aliphatic heterocycles. The van der Waals surface area contributed by atoms with E-state index < -0.39 is 6.10 Å². The molecule has 1 aliphatic rings.